The molecule has 0 bridgehead atoms. The number of benzene rings is 3. The van der Waals surface area contributed by atoms with Crippen molar-refractivity contribution in [3.8, 4) is 0 Å². The van der Waals surface area contributed by atoms with Crippen LogP contribution in [0.4, 0.5) is 0 Å². The van der Waals surface area contributed by atoms with Gasteiger partial charge in [-0.05, 0) is 13.8 Å². The van der Waals surface area contributed by atoms with E-state index in [4.69, 9.17) is 0 Å². The van der Waals surface area contributed by atoms with Crippen molar-refractivity contribution in [2.75, 3.05) is 0 Å². The van der Waals surface area contributed by atoms with E-state index in [-0.39, 0.29) is 0 Å². The zero-order chi connectivity index (χ0) is 15.4. The molecule has 0 unspecified atom stereocenters. The largest absolute Gasteiger partial charge is 0.121 e. The standard InChI is InChI=1S/C20H18Si2/c1-15-9-3-5-11-17(15)21-19-13-7-8-14-20(19)22-18-12-6-4-10-16(18)2/h3-14H,1-2H3. The summed E-state index contributed by atoms with van der Waals surface area (Å²) >= 11 is 0. The van der Waals surface area contributed by atoms with Crippen LogP contribution >= 0.6 is 0 Å². The van der Waals surface area contributed by atoms with Crippen LogP contribution in [0.15, 0.2) is 72.8 Å². The van der Waals surface area contributed by atoms with Crippen LogP contribution in [0.5, 0.6) is 0 Å². The summed E-state index contributed by atoms with van der Waals surface area (Å²) in [6.07, 6.45) is 0. The molecule has 0 fully saturated rings. The van der Waals surface area contributed by atoms with Gasteiger partial charge < -0.3 is 0 Å². The summed E-state index contributed by atoms with van der Waals surface area (Å²) in [7, 11) is 1.46. The van der Waals surface area contributed by atoms with Crippen LogP contribution in [0.3, 0.4) is 0 Å². The molecule has 0 atom stereocenters. The summed E-state index contributed by atoms with van der Waals surface area (Å²) in [6, 6.07) is 26.3. The molecule has 0 aliphatic rings. The van der Waals surface area contributed by atoms with Crippen molar-refractivity contribution in [1.82, 2.24) is 0 Å². The van der Waals surface area contributed by atoms with Gasteiger partial charge >= 0.3 is 0 Å². The van der Waals surface area contributed by atoms with Gasteiger partial charge in [-0.15, -0.1) is 0 Å². The van der Waals surface area contributed by atoms with Crippen LogP contribution in [-0.2, 0) is 0 Å². The third kappa shape index (κ3) is 3.46. The van der Waals surface area contributed by atoms with Crippen LogP contribution in [0.1, 0.15) is 11.1 Å². The zero-order valence-corrected chi connectivity index (χ0v) is 14.9. The van der Waals surface area contributed by atoms with Crippen LogP contribution in [-0.4, -0.2) is 19.0 Å². The molecule has 3 aromatic carbocycles. The first-order chi connectivity index (χ1) is 10.7. The minimum absolute atomic E-state index is 0.730. The Labute approximate surface area is 137 Å². The summed E-state index contributed by atoms with van der Waals surface area (Å²) < 4.78 is 0. The normalized spacial score (nSPS) is 10.6. The molecule has 0 aliphatic heterocycles. The highest BCUT2D eigenvalue weighted by atomic mass is 28.2. The Bertz CT molecular complexity index is 711. The summed E-state index contributed by atoms with van der Waals surface area (Å²) in [5, 5.41) is 5.84. The van der Waals surface area contributed by atoms with Gasteiger partial charge in [0, 0.05) is 0 Å². The van der Waals surface area contributed by atoms with Gasteiger partial charge in [-0.25, -0.2) is 0 Å². The Morgan fingerprint density at radius 2 is 0.773 bits per heavy atom. The first kappa shape index (κ1) is 15.0. The van der Waals surface area contributed by atoms with E-state index in [0.29, 0.717) is 0 Å². The van der Waals surface area contributed by atoms with E-state index in [1.165, 1.54) is 31.9 Å². The third-order valence-electron chi connectivity index (χ3n) is 3.76. The van der Waals surface area contributed by atoms with Crippen LogP contribution in [0.2, 0.25) is 0 Å². The number of rotatable bonds is 4. The predicted molar refractivity (Wildman–Crippen MR) is 98.8 cm³/mol. The van der Waals surface area contributed by atoms with Gasteiger partial charge in [0.05, 0.1) is 0 Å². The maximum Gasteiger partial charge on any atom is 0.121 e. The molecule has 3 rings (SSSR count). The van der Waals surface area contributed by atoms with Crippen molar-refractivity contribution in [3.05, 3.63) is 83.9 Å². The molecule has 106 valence electrons. The van der Waals surface area contributed by atoms with Crippen molar-refractivity contribution in [2.24, 2.45) is 0 Å². The lowest BCUT2D eigenvalue weighted by molar-refractivity contribution is 1.51. The lowest BCUT2D eigenvalue weighted by Gasteiger charge is -2.11. The highest BCUT2D eigenvalue weighted by Gasteiger charge is 2.08. The minimum atomic E-state index is 0.730. The molecule has 0 saturated heterocycles. The Morgan fingerprint density at radius 1 is 0.455 bits per heavy atom. The quantitative estimate of drug-likeness (QED) is 0.642. The molecule has 0 nitrogen and oxygen atoms in total. The van der Waals surface area contributed by atoms with Crippen molar-refractivity contribution < 1.29 is 0 Å². The van der Waals surface area contributed by atoms with E-state index in [9.17, 15) is 0 Å². The maximum absolute atomic E-state index is 2.28. The zero-order valence-electron chi connectivity index (χ0n) is 12.9. The van der Waals surface area contributed by atoms with E-state index < -0.39 is 0 Å². The summed E-state index contributed by atoms with van der Waals surface area (Å²) in [6.45, 7) is 4.41. The van der Waals surface area contributed by atoms with Crippen LogP contribution in [0, 0.1) is 13.8 Å². The molecule has 4 radical (unpaired) electrons. The number of hydrogen-bond acceptors (Lipinski definition) is 0. The molecular formula is C20H18Si2. The molecule has 0 aromatic heterocycles. The van der Waals surface area contributed by atoms with Gasteiger partial charge in [0.15, 0.2) is 0 Å². The monoisotopic (exact) mass is 314 g/mol. The molecule has 3 aromatic rings. The second-order valence-corrected chi connectivity index (χ2v) is 8.08. The fourth-order valence-corrected chi connectivity index (χ4v) is 5.09. The third-order valence-corrected chi connectivity index (χ3v) is 7.08. The fraction of sp³-hybridized carbons (Fsp3) is 0.100. The number of aryl methyl sites for hydroxylation is 2. The summed E-state index contributed by atoms with van der Waals surface area (Å²) in [5.41, 5.74) is 2.77. The van der Waals surface area contributed by atoms with Gasteiger partial charge in [0.1, 0.15) is 19.0 Å². The average Bonchev–Trinajstić information content (AvgIpc) is 2.53. The molecule has 2 heteroatoms. The van der Waals surface area contributed by atoms with Crippen molar-refractivity contribution in [1.29, 1.82) is 0 Å². The highest BCUT2D eigenvalue weighted by molar-refractivity contribution is 6.78. The SMILES string of the molecule is Cc1ccccc1[Si]c1ccccc1[Si]c1ccccc1C. The predicted octanol–water partition coefficient (Wildman–Crippen LogP) is 1.61. The first-order valence-electron chi connectivity index (χ1n) is 7.48. The summed E-state index contributed by atoms with van der Waals surface area (Å²) in [4.78, 5) is 0. The van der Waals surface area contributed by atoms with E-state index in [2.05, 4.69) is 86.6 Å². The topological polar surface area (TPSA) is 0 Å². The van der Waals surface area contributed by atoms with Crippen molar-refractivity contribution >= 4 is 39.8 Å². The molecule has 0 amide bonds. The van der Waals surface area contributed by atoms with Gasteiger partial charge in [-0.1, -0.05) is 105 Å². The van der Waals surface area contributed by atoms with E-state index in [1.54, 1.807) is 0 Å². The minimum Gasteiger partial charge on any atom is -0.0632 e. The van der Waals surface area contributed by atoms with Gasteiger partial charge in [-0.3, -0.25) is 0 Å². The second kappa shape index (κ2) is 6.90. The summed E-state index contributed by atoms with van der Waals surface area (Å²) in [5.74, 6) is 0. The highest BCUT2D eigenvalue weighted by Crippen LogP contribution is 1.94. The van der Waals surface area contributed by atoms with Gasteiger partial charge in [0.2, 0.25) is 0 Å². The molecule has 0 aliphatic carbocycles. The van der Waals surface area contributed by atoms with E-state index >= 15 is 0 Å². The number of hydrogen-bond donors (Lipinski definition) is 0. The average molecular weight is 315 g/mol. The Balaban J connectivity index is 1.91. The second-order valence-electron chi connectivity index (χ2n) is 5.43. The Kier molecular flexibility index (Phi) is 4.71. The van der Waals surface area contributed by atoms with E-state index in [1.807, 2.05) is 0 Å². The van der Waals surface area contributed by atoms with E-state index in [0.717, 1.165) is 19.0 Å². The van der Waals surface area contributed by atoms with Gasteiger partial charge in [-0.2, -0.15) is 0 Å². The molecule has 0 saturated carbocycles. The first-order valence-corrected chi connectivity index (χ1v) is 9.48. The molecule has 22 heavy (non-hydrogen) atoms. The lowest BCUT2D eigenvalue weighted by Crippen LogP contribution is -2.45. The lowest BCUT2D eigenvalue weighted by atomic mass is 10.2. The van der Waals surface area contributed by atoms with Crippen molar-refractivity contribution in [3.63, 3.8) is 0 Å². The molecule has 0 spiro atoms. The van der Waals surface area contributed by atoms with Crippen LogP contribution < -0.4 is 20.7 Å². The van der Waals surface area contributed by atoms with Crippen molar-refractivity contribution in [2.45, 2.75) is 13.8 Å². The maximum atomic E-state index is 2.28. The molecular weight excluding hydrogens is 296 g/mol. The smallest absolute Gasteiger partial charge is 0.0632 e. The molecule has 0 heterocycles. The fourth-order valence-electron chi connectivity index (χ4n) is 2.42. The van der Waals surface area contributed by atoms with Crippen LogP contribution in [0.25, 0.3) is 0 Å². The Hall–Kier alpha value is -1.91. The molecule has 0 N–H and O–H groups in total. The Morgan fingerprint density at radius 3 is 1.14 bits per heavy atom. The van der Waals surface area contributed by atoms with Gasteiger partial charge in [0.25, 0.3) is 0 Å².